The van der Waals surface area contributed by atoms with Crippen molar-refractivity contribution in [2.45, 2.75) is 71.6 Å². The first-order valence-corrected chi connectivity index (χ1v) is 9.48. The van der Waals surface area contributed by atoms with Gasteiger partial charge in [-0.2, -0.15) is 5.10 Å². The van der Waals surface area contributed by atoms with E-state index < -0.39 is 0 Å². The van der Waals surface area contributed by atoms with Crippen LogP contribution in [-0.2, 0) is 5.54 Å². The van der Waals surface area contributed by atoms with E-state index in [1.165, 1.54) is 0 Å². The molecule has 25 heavy (non-hydrogen) atoms. The molecule has 1 amide bonds. The van der Waals surface area contributed by atoms with Gasteiger partial charge in [0.2, 0.25) is 0 Å². The number of piperazine rings is 1. The third kappa shape index (κ3) is 3.47. The molecule has 0 radical (unpaired) electrons. The number of amides is 1. The van der Waals surface area contributed by atoms with Crippen molar-refractivity contribution in [3.05, 3.63) is 17.0 Å². The van der Waals surface area contributed by atoms with E-state index in [0.29, 0.717) is 0 Å². The molecule has 1 aromatic heterocycles. The molecule has 2 heterocycles. The predicted octanol–water partition coefficient (Wildman–Crippen LogP) is 1.93. The lowest BCUT2D eigenvalue weighted by Gasteiger charge is -2.39. The van der Waals surface area contributed by atoms with Gasteiger partial charge in [0.1, 0.15) is 0 Å². The lowest BCUT2D eigenvalue weighted by atomic mass is 10.1. The minimum atomic E-state index is -0.197. The third-order valence-corrected chi connectivity index (χ3v) is 5.66. The number of aryl methyl sites for hydroxylation is 1. The van der Waals surface area contributed by atoms with Crippen LogP contribution >= 0.6 is 0 Å². The highest BCUT2D eigenvalue weighted by Crippen LogP contribution is 2.26. The monoisotopic (exact) mass is 348 g/mol. The number of hydrogen-bond acceptors (Lipinski definition) is 4. The van der Waals surface area contributed by atoms with Crippen molar-refractivity contribution in [3.63, 3.8) is 0 Å². The molecule has 0 unspecified atom stereocenters. The molecule has 0 spiro atoms. The first-order chi connectivity index (χ1) is 11.7. The number of carbonyl (C=O) groups excluding carboxylic acids is 1. The Balaban J connectivity index is 1.70. The summed E-state index contributed by atoms with van der Waals surface area (Å²) in [5.74, 6) is 0.0946. The van der Waals surface area contributed by atoms with Gasteiger partial charge < -0.3 is 10.0 Å². The van der Waals surface area contributed by atoms with Gasteiger partial charge in [-0.3, -0.25) is 14.4 Å². The van der Waals surface area contributed by atoms with E-state index in [0.717, 1.165) is 62.4 Å². The number of aliphatic hydroxyl groups excluding tert-OH is 1. The van der Waals surface area contributed by atoms with Gasteiger partial charge in [0.25, 0.3) is 5.91 Å². The summed E-state index contributed by atoms with van der Waals surface area (Å²) in [4.78, 5) is 17.4. The molecule has 3 rings (SSSR count). The number of rotatable bonds is 2. The van der Waals surface area contributed by atoms with Gasteiger partial charge in [-0.1, -0.05) is 0 Å². The first-order valence-electron chi connectivity index (χ1n) is 9.48. The maximum Gasteiger partial charge on any atom is 0.257 e. The zero-order chi connectivity index (χ0) is 18.4. The molecule has 140 valence electrons. The largest absolute Gasteiger partial charge is 0.391 e. The van der Waals surface area contributed by atoms with E-state index in [1.54, 1.807) is 0 Å². The molecule has 0 aromatic carbocycles. The molecule has 2 atom stereocenters. The summed E-state index contributed by atoms with van der Waals surface area (Å²) in [5, 5.41) is 14.7. The minimum absolute atomic E-state index is 0.0946. The molecule has 1 aromatic rings. The van der Waals surface area contributed by atoms with Gasteiger partial charge in [0.05, 0.1) is 22.9 Å². The van der Waals surface area contributed by atoms with Gasteiger partial charge in [0.15, 0.2) is 0 Å². The second kappa shape index (κ2) is 6.72. The number of nitrogens with zero attached hydrogens (tertiary/aromatic N) is 4. The van der Waals surface area contributed by atoms with Crippen molar-refractivity contribution in [1.82, 2.24) is 19.6 Å². The molecule has 2 fully saturated rings. The minimum Gasteiger partial charge on any atom is -0.391 e. The van der Waals surface area contributed by atoms with Crippen LogP contribution < -0.4 is 0 Å². The highest BCUT2D eigenvalue weighted by molar-refractivity contribution is 5.96. The Kier molecular flexibility index (Phi) is 4.95. The zero-order valence-corrected chi connectivity index (χ0v) is 16.2. The van der Waals surface area contributed by atoms with Crippen LogP contribution in [0.5, 0.6) is 0 Å². The summed E-state index contributed by atoms with van der Waals surface area (Å²) in [6.45, 7) is 13.4. The summed E-state index contributed by atoms with van der Waals surface area (Å²) in [6, 6.07) is 0.282. The topological polar surface area (TPSA) is 61.6 Å². The number of aliphatic hydroxyl groups is 1. The van der Waals surface area contributed by atoms with Crippen molar-refractivity contribution in [2.75, 3.05) is 26.2 Å². The summed E-state index contributed by atoms with van der Waals surface area (Å²) in [7, 11) is 0. The van der Waals surface area contributed by atoms with Crippen LogP contribution in [0.2, 0.25) is 0 Å². The molecule has 0 bridgehead atoms. The van der Waals surface area contributed by atoms with Crippen LogP contribution in [0.25, 0.3) is 0 Å². The lowest BCUT2D eigenvalue weighted by molar-refractivity contribution is 0.0315. The molecule has 1 N–H and O–H groups in total. The summed E-state index contributed by atoms with van der Waals surface area (Å²) in [6.07, 6.45) is 2.90. The molecule has 1 aliphatic heterocycles. The van der Waals surface area contributed by atoms with Crippen molar-refractivity contribution >= 4 is 5.91 Å². The van der Waals surface area contributed by atoms with Gasteiger partial charge >= 0.3 is 0 Å². The third-order valence-electron chi connectivity index (χ3n) is 5.66. The average Bonchev–Trinajstić information content (AvgIpc) is 3.10. The van der Waals surface area contributed by atoms with Crippen LogP contribution in [0.3, 0.4) is 0 Å². The van der Waals surface area contributed by atoms with Gasteiger partial charge in [-0.15, -0.1) is 0 Å². The van der Waals surface area contributed by atoms with Crippen LogP contribution in [0.15, 0.2) is 0 Å². The molecule has 6 heteroatoms. The Labute approximate surface area is 150 Å². The molecule has 6 nitrogen and oxygen atoms in total. The van der Waals surface area contributed by atoms with Gasteiger partial charge in [-0.25, -0.2) is 0 Å². The average molecular weight is 348 g/mol. The normalized spacial score (nSPS) is 25.6. The summed E-state index contributed by atoms with van der Waals surface area (Å²) < 4.78 is 1.96. The summed E-state index contributed by atoms with van der Waals surface area (Å²) >= 11 is 0. The van der Waals surface area contributed by atoms with E-state index in [4.69, 9.17) is 0 Å². The highest BCUT2D eigenvalue weighted by Gasteiger charge is 2.34. The number of aromatic nitrogens is 2. The summed E-state index contributed by atoms with van der Waals surface area (Å²) in [5.41, 5.74) is 2.38. The van der Waals surface area contributed by atoms with E-state index in [1.807, 2.05) is 23.4 Å². The van der Waals surface area contributed by atoms with Gasteiger partial charge in [0, 0.05) is 37.9 Å². The van der Waals surface area contributed by atoms with E-state index >= 15 is 0 Å². The Bertz CT molecular complexity index is 639. The SMILES string of the molecule is Cc1nn(C(C)(C)C)c(C)c1C(=O)N1CCN([C@H]2CCC[C@H]2O)CC1. The maximum absolute atomic E-state index is 13.1. The smallest absolute Gasteiger partial charge is 0.257 e. The Morgan fingerprint density at radius 1 is 1.12 bits per heavy atom. The van der Waals surface area contributed by atoms with Crippen molar-refractivity contribution in [1.29, 1.82) is 0 Å². The Morgan fingerprint density at radius 3 is 2.24 bits per heavy atom. The van der Waals surface area contributed by atoms with E-state index in [-0.39, 0.29) is 23.6 Å². The second-order valence-corrected chi connectivity index (χ2v) is 8.52. The van der Waals surface area contributed by atoms with Crippen molar-refractivity contribution < 1.29 is 9.90 Å². The fraction of sp³-hybridized carbons (Fsp3) is 0.789. The van der Waals surface area contributed by atoms with Crippen LogP contribution in [0.4, 0.5) is 0 Å². The predicted molar refractivity (Wildman–Crippen MR) is 97.8 cm³/mol. The number of carbonyl (C=O) groups is 1. The molecule has 1 aliphatic carbocycles. The molecular weight excluding hydrogens is 316 g/mol. The van der Waals surface area contributed by atoms with Gasteiger partial charge in [-0.05, 0) is 53.9 Å². The standard InChI is InChI=1S/C19H32N4O2/c1-13-17(14(2)23(20-13)19(3,4)5)18(25)22-11-9-21(10-12-22)15-7-6-8-16(15)24/h15-16,24H,6-12H2,1-5H3/t15-,16+/m0/s1. The van der Waals surface area contributed by atoms with Crippen LogP contribution in [0, 0.1) is 13.8 Å². The molecule has 1 saturated carbocycles. The lowest BCUT2D eigenvalue weighted by Crippen LogP contribution is -2.53. The molecule has 1 saturated heterocycles. The van der Waals surface area contributed by atoms with Crippen molar-refractivity contribution in [2.24, 2.45) is 0 Å². The quantitative estimate of drug-likeness (QED) is 0.887. The Hall–Kier alpha value is -1.40. The highest BCUT2D eigenvalue weighted by atomic mass is 16.3. The van der Waals surface area contributed by atoms with E-state index in [2.05, 4.69) is 30.8 Å². The first kappa shape index (κ1) is 18.4. The number of hydrogen-bond donors (Lipinski definition) is 1. The maximum atomic E-state index is 13.1. The molecule has 2 aliphatic rings. The van der Waals surface area contributed by atoms with E-state index in [9.17, 15) is 9.90 Å². The van der Waals surface area contributed by atoms with Crippen LogP contribution in [0.1, 0.15) is 61.8 Å². The zero-order valence-electron chi connectivity index (χ0n) is 16.2. The fourth-order valence-electron chi connectivity index (χ4n) is 4.37. The Morgan fingerprint density at radius 2 is 1.76 bits per heavy atom. The fourth-order valence-corrected chi connectivity index (χ4v) is 4.37. The second-order valence-electron chi connectivity index (χ2n) is 8.52. The molecular formula is C19H32N4O2. The van der Waals surface area contributed by atoms with Crippen molar-refractivity contribution in [3.8, 4) is 0 Å². The van der Waals surface area contributed by atoms with Crippen LogP contribution in [-0.4, -0.2) is 68.9 Å².